The van der Waals surface area contributed by atoms with Crippen LogP contribution in [0.1, 0.15) is 32.6 Å². The molecule has 0 aromatic heterocycles. The van der Waals surface area contributed by atoms with Crippen molar-refractivity contribution in [2.75, 3.05) is 27.7 Å². The van der Waals surface area contributed by atoms with E-state index in [4.69, 9.17) is 0 Å². The van der Waals surface area contributed by atoms with Crippen molar-refractivity contribution >= 4 is 0 Å². The van der Waals surface area contributed by atoms with Crippen molar-refractivity contribution in [2.24, 2.45) is 0 Å². The molecule has 0 aromatic carbocycles. The highest BCUT2D eigenvalue weighted by Crippen LogP contribution is 1.95. The van der Waals surface area contributed by atoms with Gasteiger partial charge in [0.15, 0.2) is 0 Å². The average molecular weight is 161 g/mol. The molecule has 0 bridgehead atoms. The molecule has 0 amide bonds. The molecule has 0 saturated heterocycles. The molecule has 0 saturated carbocycles. The Hall–Kier alpha value is -0.0800. The van der Waals surface area contributed by atoms with Gasteiger partial charge in [0, 0.05) is 0 Å². The fourth-order valence-electron chi connectivity index (χ4n) is 0.529. The molecule has 0 aliphatic rings. The van der Waals surface area contributed by atoms with E-state index in [0.717, 1.165) is 12.8 Å². The van der Waals surface area contributed by atoms with Crippen LogP contribution in [0.2, 0.25) is 0 Å². The van der Waals surface area contributed by atoms with Crippen molar-refractivity contribution in [1.82, 2.24) is 0 Å². The summed E-state index contributed by atoms with van der Waals surface area (Å²) in [5.41, 5.74) is 0. The first-order valence-electron chi connectivity index (χ1n) is 4.50. The van der Waals surface area contributed by atoms with E-state index in [0.29, 0.717) is 0 Å². The summed E-state index contributed by atoms with van der Waals surface area (Å²) < 4.78 is 0. The van der Waals surface area contributed by atoms with Crippen LogP contribution in [0.4, 0.5) is 0 Å². The summed E-state index contributed by atoms with van der Waals surface area (Å²) in [6.45, 7) is 2.25. The lowest BCUT2D eigenvalue weighted by atomic mass is 10.2. The van der Waals surface area contributed by atoms with Crippen LogP contribution in [-0.4, -0.2) is 27.7 Å². The Labute approximate surface area is 71.2 Å². The first-order valence-corrected chi connectivity index (χ1v) is 4.50. The van der Waals surface area contributed by atoms with Crippen molar-refractivity contribution < 1.29 is 10.0 Å². The Balaban J connectivity index is 0. The summed E-state index contributed by atoms with van der Waals surface area (Å²) in [6, 6.07) is 0. The molecule has 2 nitrogen and oxygen atoms in total. The van der Waals surface area contributed by atoms with Gasteiger partial charge in [-0.2, -0.15) is 0 Å². The lowest BCUT2D eigenvalue weighted by Crippen LogP contribution is -3.02. The van der Waals surface area contributed by atoms with Crippen LogP contribution in [0.25, 0.3) is 0 Å². The molecular weight excluding hydrogens is 138 g/mol. The van der Waals surface area contributed by atoms with E-state index < -0.39 is 0 Å². The molecular formula is C9H23NO. The van der Waals surface area contributed by atoms with Gasteiger partial charge in [0.05, 0.1) is 21.1 Å². The minimum absolute atomic E-state index is 0.111. The highest BCUT2D eigenvalue weighted by Gasteiger charge is 1.77. The van der Waals surface area contributed by atoms with E-state index in [2.05, 4.69) is 28.1 Å². The van der Waals surface area contributed by atoms with Crippen molar-refractivity contribution in [2.45, 2.75) is 32.6 Å². The van der Waals surface area contributed by atoms with Crippen LogP contribution in [0.15, 0.2) is 0 Å². The van der Waals surface area contributed by atoms with Gasteiger partial charge in [-0.3, -0.25) is 0 Å². The van der Waals surface area contributed by atoms with E-state index in [1.54, 1.807) is 0 Å². The van der Waals surface area contributed by atoms with Gasteiger partial charge in [-0.25, -0.2) is 0 Å². The molecule has 0 radical (unpaired) electrons. The molecule has 70 valence electrons. The molecule has 0 aliphatic heterocycles. The third-order valence-electron chi connectivity index (χ3n) is 0.998. The van der Waals surface area contributed by atoms with Crippen LogP contribution in [0, 0.1) is 0 Å². The molecule has 0 atom stereocenters. The average Bonchev–Trinajstić information content (AvgIpc) is 1.88. The summed E-state index contributed by atoms with van der Waals surface area (Å²) in [6.07, 6.45) is 4.44. The van der Waals surface area contributed by atoms with Crippen LogP contribution in [0.5, 0.6) is 0 Å². The van der Waals surface area contributed by atoms with Gasteiger partial charge in [-0.1, -0.05) is 32.6 Å². The highest BCUT2D eigenvalue weighted by molar-refractivity contribution is 4.35. The first-order chi connectivity index (χ1) is 5.15. The summed E-state index contributed by atoms with van der Waals surface area (Å²) >= 11 is 0. The predicted molar refractivity (Wildman–Crippen MR) is 47.7 cm³/mol. The number of rotatable bonds is 4. The van der Waals surface area contributed by atoms with Crippen molar-refractivity contribution in [3.05, 3.63) is 0 Å². The maximum absolute atomic E-state index is 9.80. The fourth-order valence-corrected chi connectivity index (χ4v) is 0.529. The smallest absolute Gasteiger partial charge is 0.0661 e. The van der Waals surface area contributed by atoms with Crippen LogP contribution >= 0.6 is 0 Å². The molecule has 11 heavy (non-hydrogen) atoms. The van der Waals surface area contributed by atoms with Gasteiger partial charge < -0.3 is 10.0 Å². The molecule has 1 N–H and O–H groups in total. The predicted octanol–water partition coefficient (Wildman–Crippen LogP) is -0.312. The highest BCUT2D eigenvalue weighted by atomic mass is 16.2. The normalized spacial score (nSPS) is 9.27. The van der Waals surface area contributed by atoms with Gasteiger partial charge in [0.2, 0.25) is 0 Å². The second-order valence-electron chi connectivity index (χ2n) is 3.26. The number of nitrogens with one attached hydrogen (secondary N) is 1. The molecule has 0 spiro atoms. The Bertz CT molecular complexity index is 48.8. The maximum atomic E-state index is 9.80. The zero-order valence-corrected chi connectivity index (χ0v) is 8.44. The van der Waals surface area contributed by atoms with Gasteiger partial charge in [-0.15, -0.1) is 6.61 Å². The summed E-state index contributed by atoms with van der Waals surface area (Å²) in [5, 5.41) is 9.80. The summed E-state index contributed by atoms with van der Waals surface area (Å²) in [5.74, 6) is 0. The second-order valence-corrected chi connectivity index (χ2v) is 3.26. The standard InChI is InChI=1S/C6H13O.C3H9N/c1-2-3-4-5-6-7;1-4(2)3/h2-6H2,1H3;1-3H3/q-1;/p+1. The summed E-state index contributed by atoms with van der Waals surface area (Å²) in [4.78, 5) is 1.42. The Kier molecular flexibility index (Phi) is 15.4. The van der Waals surface area contributed by atoms with E-state index in [-0.39, 0.29) is 6.61 Å². The minimum atomic E-state index is 0.111. The minimum Gasteiger partial charge on any atom is -0.854 e. The van der Waals surface area contributed by atoms with Gasteiger partial charge in [0.25, 0.3) is 0 Å². The third-order valence-corrected chi connectivity index (χ3v) is 0.998. The topological polar surface area (TPSA) is 27.5 Å². The molecule has 0 fully saturated rings. The maximum Gasteiger partial charge on any atom is 0.0661 e. The second kappa shape index (κ2) is 12.6. The SMILES string of the molecule is CCCCCC[O-].C[NH+](C)C. The molecule has 0 rings (SSSR count). The van der Waals surface area contributed by atoms with Crippen LogP contribution in [0.3, 0.4) is 0 Å². The molecule has 0 heterocycles. The fraction of sp³-hybridized carbons (Fsp3) is 1.00. The van der Waals surface area contributed by atoms with Crippen molar-refractivity contribution in [1.29, 1.82) is 0 Å². The largest absolute Gasteiger partial charge is 0.854 e. The van der Waals surface area contributed by atoms with E-state index in [9.17, 15) is 5.11 Å². The van der Waals surface area contributed by atoms with E-state index in [1.807, 2.05) is 0 Å². The van der Waals surface area contributed by atoms with Crippen molar-refractivity contribution in [3.63, 3.8) is 0 Å². The first kappa shape index (κ1) is 13.5. The zero-order valence-electron chi connectivity index (χ0n) is 8.44. The number of unbranched alkanes of at least 4 members (excludes halogenated alkanes) is 3. The third kappa shape index (κ3) is 40.5. The number of quaternary nitrogens is 1. The molecule has 0 unspecified atom stereocenters. The number of hydrogen-bond acceptors (Lipinski definition) is 1. The Morgan fingerprint density at radius 1 is 1.00 bits per heavy atom. The van der Waals surface area contributed by atoms with Gasteiger partial charge in [0.1, 0.15) is 0 Å². The van der Waals surface area contributed by atoms with Gasteiger partial charge in [-0.05, 0) is 0 Å². The Morgan fingerprint density at radius 3 is 1.73 bits per heavy atom. The molecule has 2 heteroatoms. The summed E-state index contributed by atoms with van der Waals surface area (Å²) in [7, 11) is 6.25. The Morgan fingerprint density at radius 2 is 1.45 bits per heavy atom. The van der Waals surface area contributed by atoms with Crippen LogP contribution < -0.4 is 10.0 Å². The van der Waals surface area contributed by atoms with Crippen LogP contribution in [-0.2, 0) is 0 Å². The lowest BCUT2D eigenvalue weighted by molar-refractivity contribution is -0.836. The molecule has 0 aliphatic carbocycles. The lowest BCUT2D eigenvalue weighted by Gasteiger charge is -1.99. The monoisotopic (exact) mass is 161 g/mol. The zero-order chi connectivity index (χ0) is 9.11. The van der Waals surface area contributed by atoms with E-state index in [1.165, 1.54) is 17.7 Å². The van der Waals surface area contributed by atoms with Crippen molar-refractivity contribution in [3.8, 4) is 0 Å². The van der Waals surface area contributed by atoms with Gasteiger partial charge >= 0.3 is 0 Å². The van der Waals surface area contributed by atoms with E-state index >= 15 is 0 Å². The quantitative estimate of drug-likeness (QED) is 0.563. The molecule has 0 aromatic rings. The number of hydrogen-bond donors (Lipinski definition) is 1.